The minimum absolute atomic E-state index is 0.714. The molecule has 1 aliphatic heterocycles. The summed E-state index contributed by atoms with van der Waals surface area (Å²) in [5.41, 5.74) is 8.36. The van der Waals surface area contributed by atoms with Crippen molar-refractivity contribution in [3.63, 3.8) is 0 Å². The number of rotatable bonds is 3. The lowest BCUT2D eigenvalue weighted by molar-refractivity contribution is 0.461. The SMILES string of the molecule is NCCc1ccc(C2CCCNC2)cc1. The summed E-state index contributed by atoms with van der Waals surface area (Å²) in [7, 11) is 0. The maximum atomic E-state index is 5.53. The minimum Gasteiger partial charge on any atom is -0.330 e. The summed E-state index contributed by atoms with van der Waals surface area (Å²) in [6.07, 6.45) is 3.61. The van der Waals surface area contributed by atoms with Gasteiger partial charge in [0.2, 0.25) is 0 Å². The van der Waals surface area contributed by atoms with E-state index in [-0.39, 0.29) is 0 Å². The van der Waals surface area contributed by atoms with Gasteiger partial charge in [-0.25, -0.2) is 0 Å². The Balaban J connectivity index is 2.02. The molecule has 2 heteroatoms. The number of piperidine rings is 1. The zero-order valence-electron chi connectivity index (χ0n) is 9.21. The highest BCUT2D eigenvalue weighted by Crippen LogP contribution is 2.23. The van der Waals surface area contributed by atoms with Gasteiger partial charge >= 0.3 is 0 Å². The zero-order valence-corrected chi connectivity index (χ0v) is 9.21. The van der Waals surface area contributed by atoms with Gasteiger partial charge in [-0.3, -0.25) is 0 Å². The van der Waals surface area contributed by atoms with Crippen molar-refractivity contribution in [2.24, 2.45) is 5.73 Å². The van der Waals surface area contributed by atoms with Gasteiger partial charge in [-0.1, -0.05) is 24.3 Å². The Morgan fingerprint density at radius 3 is 2.67 bits per heavy atom. The highest BCUT2D eigenvalue weighted by molar-refractivity contribution is 5.26. The first-order chi connectivity index (χ1) is 7.40. The van der Waals surface area contributed by atoms with Crippen molar-refractivity contribution in [1.82, 2.24) is 5.32 Å². The molecule has 2 rings (SSSR count). The molecule has 1 fully saturated rings. The quantitative estimate of drug-likeness (QED) is 0.785. The van der Waals surface area contributed by atoms with Crippen LogP contribution in [-0.2, 0) is 6.42 Å². The molecule has 2 nitrogen and oxygen atoms in total. The zero-order chi connectivity index (χ0) is 10.5. The summed E-state index contributed by atoms with van der Waals surface area (Å²) in [4.78, 5) is 0. The number of nitrogens with two attached hydrogens (primary N) is 1. The molecule has 1 atom stereocenters. The molecule has 1 aliphatic rings. The molecule has 0 aromatic heterocycles. The van der Waals surface area contributed by atoms with E-state index >= 15 is 0 Å². The van der Waals surface area contributed by atoms with E-state index in [1.54, 1.807) is 0 Å². The summed E-state index contributed by atoms with van der Waals surface area (Å²) in [6.45, 7) is 3.06. The normalized spacial score (nSPS) is 21.5. The van der Waals surface area contributed by atoms with Gasteiger partial charge in [0.1, 0.15) is 0 Å². The second kappa shape index (κ2) is 5.29. The average Bonchev–Trinajstić information content (AvgIpc) is 2.32. The Bertz CT molecular complexity index is 286. The smallest absolute Gasteiger partial charge is 0.00201 e. The van der Waals surface area contributed by atoms with Gasteiger partial charge in [-0.05, 0) is 49.4 Å². The number of benzene rings is 1. The van der Waals surface area contributed by atoms with E-state index in [0.29, 0.717) is 5.92 Å². The fourth-order valence-corrected chi connectivity index (χ4v) is 2.26. The van der Waals surface area contributed by atoms with Crippen molar-refractivity contribution in [3.05, 3.63) is 35.4 Å². The second-order valence-corrected chi connectivity index (χ2v) is 4.32. The maximum Gasteiger partial charge on any atom is 0.00201 e. The molecule has 0 aliphatic carbocycles. The van der Waals surface area contributed by atoms with Gasteiger partial charge in [-0.15, -0.1) is 0 Å². The Hall–Kier alpha value is -0.860. The van der Waals surface area contributed by atoms with Crippen LogP contribution in [0.2, 0.25) is 0 Å². The molecule has 1 saturated heterocycles. The molecule has 0 spiro atoms. The number of hydrogen-bond donors (Lipinski definition) is 2. The molecular formula is C13H20N2. The standard InChI is InChI=1S/C13H20N2/c14-8-7-11-3-5-12(6-4-11)13-2-1-9-15-10-13/h3-6,13,15H,1-2,7-10,14H2. The summed E-state index contributed by atoms with van der Waals surface area (Å²) in [5, 5.41) is 3.45. The highest BCUT2D eigenvalue weighted by atomic mass is 14.9. The van der Waals surface area contributed by atoms with Crippen LogP contribution in [0, 0.1) is 0 Å². The molecule has 1 heterocycles. The fourth-order valence-electron chi connectivity index (χ4n) is 2.26. The highest BCUT2D eigenvalue weighted by Gasteiger charge is 2.14. The predicted octanol–water partition coefficient (Wildman–Crippen LogP) is 1.65. The van der Waals surface area contributed by atoms with E-state index in [1.807, 2.05) is 0 Å². The monoisotopic (exact) mass is 204 g/mol. The maximum absolute atomic E-state index is 5.53. The van der Waals surface area contributed by atoms with Gasteiger partial charge in [0.25, 0.3) is 0 Å². The molecule has 0 saturated carbocycles. The molecule has 1 aromatic carbocycles. The average molecular weight is 204 g/mol. The van der Waals surface area contributed by atoms with Gasteiger partial charge in [0.15, 0.2) is 0 Å². The summed E-state index contributed by atoms with van der Waals surface area (Å²) in [6, 6.07) is 8.97. The number of hydrogen-bond acceptors (Lipinski definition) is 2. The van der Waals surface area contributed by atoms with E-state index in [2.05, 4.69) is 29.6 Å². The van der Waals surface area contributed by atoms with Crippen LogP contribution < -0.4 is 11.1 Å². The first kappa shape index (κ1) is 10.7. The molecule has 1 aromatic rings. The summed E-state index contributed by atoms with van der Waals surface area (Å²) < 4.78 is 0. The molecule has 0 bridgehead atoms. The Morgan fingerprint density at radius 2 is 2.07 bits per heavy atom. The van der Waals surface area contributed by atoms with Crippen molar-refractivity contribution < 1.29 is 0 Å². The van der Waals surface area contributed by atoms with Gasteiger partial charge in [0.05, 0.1) is 0 Å². The van der Waals surface area contributed by atoms with E-state index in [9.17, 15) is 0 Å². The molecule has 1 unspecified atom stereocenters. The van der Waals surface area contributed by atoms with Crippen molar-refractivity contribution in [3.8, 4) is 0 Å². The van der Waals surface area contributed by atoms with Crippen LogP contribution in [0.4, 0.5) is 0 Å². The summed E-state index contributed by atoms with van der Waals surface area (Å²) >= 11 is 0. The lowest BCUT2D eigenvalue weighted by Gasteiger charge is -2.23. The molecule has 82 valence electrons. The topological polar surface area (TPSA) is 38.0 Å². The van der Waals surface area contributed by atoms with Gasteiger partial charge in [-0.2, -0.15) is 0 Å². The van der Waals surface area contributed by atoms with E-state index < -0.39 is 0 Å². The lowest BCUT2D eigenvalue weighted by Crippen LogP contribution is -2.28. The second-order valence-electron chi connectivity index (χ2n) is 4.32. The van der Waals surface area contributed by atoms with Crippen LogP contribution in [0.15, 0.2) is 24.3 Å². The van der Waals surface area contributed by atoms with Gasteiger partial charge in [0, 0.05) is 6.54 Å². The van der Waals surface area contributed by atoms with E-state index in [4.69, 9.17) is 5.73 Å². The molecular weight excluding hydrogens is 184 g/mol. The third kappa shape index (κ3) is 2.80. The first-order valence-corrected chi connectivity index (χ1v) is 5.90. The Labute approximate surface area is 91.9 Å². The van der Waals surface area contributed by atoms with Crippen molar-refractivity contribution in [1.29, 1.82) is 0 Å². The van der Waals surface area contributed by atoms with E-state index in [1.165, 1.54) is 30.5 Å². The van der Waals surface area contributed by atoms with Crippen molar-refractivity contribution >= 4 is 0 Å². The van der Waals surface area contributed by atoms with E-state index in [0.717, 1.165) is 19.5 Å². The number of nitrogens with one attached hydrogen (secondary N) is 1. The van der Waals surface area contributed by atoms with Crippen LogP contribution in [0.1, 0.15) is 29.9 Å². The van der Waals surface area contributed by atoms with Crippen molar-refractivity contribution in [2.45, 2.75) is 25.2 Å². The fraction of sp³-hybridized carbons (Fsp3) is 0.538. The third-order valence-electron chi connectivity index (χ3n) is 3.18. The Kier molecular flexibility index (Phi) is 3.75. The Morgan fingerprint density at radius 1 is 1.27 bits per heavy atom. The van der Waals surface area contributed by atoms with Crippen LogP contribution in [0.25, 0.3) is 0 Å². The van der Waals surface area contributed by atoms with Crippen LogP contribution >= 0.6 is 0 Å². The predicted molar refractivity (Wildman–Crippen MR) is 64.0 cm³/mol. The first-order valence-electron chi connectivity index (χ1n) is 5.90. The molecule has 0 amide bonds. The van der Waals surface area contributed by atoms with Crippen LogP contribution in [-0.4, -0.2) is 19.6 Å². The molecule has 3 N–H and O–H groups in total. The van der Waals surface area contributed by atoms with Gasteiger partial charge < -0.3 is 11.1 Å². The van der Waals surface area contributed by atoms with Crippen LogP contribution in [0.5, 0.6) is 0 Å². The third-order valence-corrected chi connectivity index (χ3v) is 3.18. The van der Waals surface area contributed by atoms with Crippen LogP contribution in [0.3, 0.4) is 0 Å². The lowest BCUT2D eigenvalue weighted by atomic mass is 9.91. The minimum atomic E-state index is 0.714. The largest absolute Gasteiger partial charge is 0.330 e. The van der Waals surface area contributed by atoms with Crippen molar-refractivity contribution in [2.75, 3.05) is 19.6 Å². The molecule has 15 heavy (non-hydrogen) atoms. The summed E-state index contributed by atoms with van der Waals surface area (Å²) in [5.74, 6) is 0.714. The molecule has 0 radical (unpaired) electrons.